The second-order valence-corrected chi connectivity index (χ2v) is 3.80. The molecule has 0 aliphatic rings. The zero-order valence-electron chi connectivity index (χ0n) is 8.11. The smallest absolute Gasteiger partial charge is 0.128 e. The molecule has 0 bridgehead atoms. The summed E-state index contributed by atoms with van der Waals surface area (Å²) in [5.74, 6) is 0.876. The van der Waals surface area contributed by atoms with Crippen LogP contribution in [0, 0.1) is 0 Å². The zero-order chi connectivity index (χ0) is 10.5. The number of halogens is 1. The second-order valence-electron chi connectivity index (χ2n) is 3.00. The third kappa shape index (κ3) is 2.39. The molecule has 3 nitrogen and oxygen atoms in total. The average Bonchev–Trinajstić information content (AvgIpc) is 2.80. The predicted molar refractivity (Wildman–Crippen MR) is 63.3 cm³/mol. The normalized spacial score (nSPS) is 10.2. The molecule has 0 unspecified atom stereocenters. The maximum atomic E-state index is 5.62. The van der Waals surface area contributed by atoms with Gasteiger partial charge in [0.25, 0.3) is 0 Å². The Bertz CT molecular complexity index is 414. The van der Waals surface area contributed by atoms with Gasteiger partial charge in [-0.3, -0.25) is 5.10 Å². The minimum Gasteiger partial charge on any atom is -0.492 e. The van der Waals surface area contributed by atoms with Crippen molar-refractivity contribution in [2.75, 3.05) is 11.9 Å². The van der Waals surface area contributed by atoms with Crippen LogP contribution in [-0.4, -0.2) is 22.1 Å². The third-order valence-corrected chi connectivity index (χ3v) is 2.34. The number of H-pyrrole nitrogens is 1. The van der Waals surface area contributed by atoms with Crippen LogP contribution in [0.1, 0.15) is 0 Å². The number of hydrogen-bond donors (Lipinski definition) is 1. The first-order valence-corrected chi connectivity index (χ1v) is 5.81. The average molecular weight is 267 g/mol. The van der Waals surface area contributed by atoms with Crippen molar-refractivity contribution in [3.8, 4) is 17.0 Å². The minimum absolute atomic E-state index is 0.658. The Morgan fingerprint density at radius 2 is 2.13 bits per heavy atom. The molecule has 2 aromatic rings. The number of aromatic nitrogens is 2. The van der Waals surface area contributed by atoms with E-state index < -0.39 is 0 Å². The monoisotopic (exact) mass is 266 g/mol. The van der Waals surface area contributed by atoms with Crippen LogP contribution in [-0.2, 0) is 0 Å². The van der Waals surface area contributed by atoms with Crippen LogP contribution in [0.5, 0.6) is 5.75 Å². The summed E-state index contributed by atoms with van der Waals surface area (Å²) in [7, 11) is 0. The molecular formula is C11H11BrN2O. The molecule has 0 saturated heterocycles. The van der Waals surface area contributed by atoms with Crippen molar-refractivity contribution < 1.29 is 4.74 Å². The Morgan fingerprint density at radius 1 is 1.27 bits per heavy atom. The molecule has 78 valence electrons. The highest BCUT2D eigenvalue weighted by Gasteiger charge is 2.05. The summed E-state index contributed by atoms with van der Waals surface area (Å²) in [6, 6.07) is 9.84. The van der Waals surface area contributed by atoms with Crippen molar-refractivity contribution in [3.63, 3.8) is 0 Å². The van der Waals surface area contributed by atoms with Crippen LogP contribution in [0.2, 0.25) is 0 Å². The number of nitrogens with one attached hydrogen (secondary N) is 1. The molecule has 0 saturated carbocycles. The Kier molecular flexibility index (Phi) is 3.40. The topological polar surface area (TPSA) is 37.9 Å². The Balaban J connectivity index is 2.30. The maximum Gasteiger partial charge on any atom is 0.128 e. The molecule has 0 atom stereocenters. The van der Waals surface area contributed by atoms with Crippen LogP contribution < -0.4 is 4.74 Å². The zero-order valence-corrected chi connectivity index (χ0v) is 9.70. The number of para-hydroxylation sites is 1. The van der Waals surface area contributed by atoms with Gasteiger partial charge in [0.2, 0.25) is 0 Å². The number of nitrogens with zero attached hydrogens (tertiary/aromatic N) is 1. The van der Waals surface area contributed by atoms with Crippen molar-refractivity contribution in [2.24, 2.45) is 0 Å². The summed E-state index contributed by atoms with van der Waals surface area (Å²) >= 11 is 3.34. The highest BCUT2D eigenvalue weighted by molar-refractivity contribution is 9.09. The van der Waals surface area contributed by atoms with Gasteiger partial charge < -0.3 is 4.74 Å². The summed E-state index contributed by atoms with van der Waals surface area (Å²) in [6.45, 7) is 0.658. The van der Waals surface area contributed by atoms with Gasteiger partial charge in [0.05, 0.1) is 12.3 Å². The fraction of sp³-hybridized carbons (Fsp3) is 0.182. The third-order valence-electron chi connectivity index (χ3n) is 2.01. The van der Waals surface area contributed by atoms with Crippen LogP contribution in [0.4, 0.5) is 0 Å². The summed E-state index contributed by atoms with van der Waals surface area (Å²) in [4.78, 5) is 0. The van der Waals surface area contributed by atoms with Gasteiger partial charge in [-0.25, -0.2) is 0 Å². The van der Waals surface area contributed by atoms with E-state index in [1.807, 2.05) is 30.3 Å². The molecule has 0 aliphatic carbocycles. The molecule has 15 heavy (non-hydrogen) atoms. The van der Waals surface area contributed by atoms with Gasteiger partial charge in [0.1, 0.15) is 5.75 Å². The lowest BCUT2D eigenvalue weighted by atomic mass is 10.1. The molecule has 2 rings (SSSR count). The molecule has 1 aromatic heterocycles. The van der Waals surface area contributed by atoms with E-state index in [9.17, 15) is 0 Å². The molecule has 1 heterocycles. The van der Waals surface area contributed by atoms with E-state index in [1.165, 1.54) is 0 Å². The van der Waals surface area contributed by atoms with Gasteiger partial charge in [-0.15, -0.1) is 0 Å². The summed E-state index contributed by atoms with van der Waals surface area (Å²) < 4.78 is 5.62. The molecule has 0 fully saturated rings. The lowest BCUT2D eigenvalue weighted by Crippen LogP contribution is -1.99. The maximum absolute atomic E-state index is 5.62. The van der Waals surface area contributed by atoms with E-state index in [-0.39, 0.29) is 0 Å². The van der Waals surface area contributed by atoms with Gasteiger partial charge in [-0.2, -0.15) is 5.10 Å². The minimum atomic E-state index is 0.658. The summed E-state index contributed by atoms with van der Waals surface area (Å²) in [5, 5.41) is 7.68. The number of benzene rings is 1. The van der Waals surface area contributed by atoms with Crippen LogP contribution >= 0.6 is 15.9 Å². The van der Waals surface area contributed by atoms with Crippen molar-refractivity contribution >= 4 is 15.9 Å². The van der Waals surface area contributed by atoms with Gasteiger partial charge in [-0.05, 0) is 18.2 Å². The van der Waals surface area contributed by atoms with Crippen LogP contribution in [0.3, 0.4) is 0 Å². The fourth-order valence-corrected chi connectivity index (χ4v) is 1.53. The summed E-state index contributed by atoms with van der Waals surface area (Å²) in [6.07, 6.45) is 1.73. The van der Waals surface area contributed by atoms with Gasteiger partial charge in [0, 0.05) is 17.1 Å². The first-order chi connectivity index (χ1) is 7.42. The van der Waals surface area contributed by atoms with Gasteiger partial charge in [0.15, 0.2) is 0 Å². The van der Waals surface area contributed by atoms with E-state index in [4.69, 9.17) is 4.74 Å². The number of rotatable bonds is 4. The Morgan fingerprint density at radius 3 is 2.87 bits per heavy atom. The molecule has 1 N–H and O–H groups in total. The van der Waals surface area contributed by atoms with Gasteiger partial charge in [-0.1, -0.05) is 28.1 Å². The molecule has 0 aliphatic heterocycles. The molecular weight excluding hydrogens is 256 g/mol. The lowest BCUT2D eigenvalue weighted by Gasteiger charge is -2.08. The highest BCUT2D eigenvalue weighted by Crippen LogP contribution is 2.27. The van der Waals surface area contributed by atoms with Crippen molar-refractivity contribution in [3.05, 3.63) is 36.5 Å². The molecule has 0 spiro atoms. The molecule has 0 amide bonds. The van der Waals surface area contributed by atoms with Crippen molar-refractivity contribution in [2.45, 2.75) is 0 Å². The van der Waals surface area contributed by atoms with Crippen LogP contribution in [0.15, 0.2) is 36.5 Å². The first kappa shape index (κ1) is 10.2. The van der Waals surface area contributed by atoms with E-state index in [1.54, 1.807) is 6.20 Å². The van der Waals surface area contributed by atoms with E-state index in [0.29, 0.717) is 6.61 Å². The van der Waals surface area contributed by atoms with E-state index in [2.05, 4.69) is 26.1 Å². The van der Waals surface area contributed by atoms with Crippen molar-refractivity contribution in [1.29, 1.82) is 0 Å². The Labute approximate surface area is 96.6 Å². The molecule has 4 heteroatoms. The van der Waals surface area contributed by atoms with Crippen LogP contribution in [0.25, 0.3) is 11.3 Å². The quantitative estimate of drug-likeness (QED) is 0.865. The number of aromatic amines is 1. The molecule has 1 aromatic carbocycles. The molecule has 0 radical (unpaired) electrons. The predicted octanol–water partition coefficient (Wildman–Crippen LogP) is 2.85. The number of ether oxygens (including phenoxy) is 1. The lowest BCUT2D eigenvalue weighted by molar-refractivity contribution is 0.346. The number of alkyl halides is 1. The Hall–Kier alpha value is -1.29. The van der Waals surface area contributed by atoms with E-state index in [0.717, 1.165) is 22.3 Å². The second kappa shape index (κ2) is 4.98. The summed E-state index contributed by atoms with van der Waals surface area (Å²) in [5.41, 5.74) is 2.01. The van der Waals surface area contributed by atoms with Gasteiger partial charge >= 0.3 is 0 Å². The SMILES string of the molecule is BrCCOc1ccccc1-c1ccn[nH]1. The largest absolute Gasteiger partial charge is 0.492 e. The number of hydrogen-bond acceptors (Lipinski definition) is 2. The fourth-order valence-electron chi connectivity index (χ4n) is 1.37. The van der Waals surface area contributed by atoms with E-state index >= 15 is 0 Å². The first-order valence-electron chi connectivity index (χ1n) is 4.69. The highest BCUT2D eigenvalue weighted by atomic mass is 79.9. The van der Waals surface area contributed by atoms with Crippen molar-refractivity contribution in [1.82, 2.24) is 10.2 Å². The standard InChI is InChI=1S/C11H11BrN2O/c12-6-8-15-11-4-2-1-3-9(11)10-5-7-13-14-10/h1-5,7H,6,8H2,(H,13,14).